The van der Waals surface area contributed by atoms with Crippen LogP contribution < -0.4 is 0 Å². The normalized spacial score (nSPS) is 30.6. The van der Waals surface area contributed by atoms with Crippen molar-refractivity contribution in [3.05, 3.63) is 0 Å². The topological polar surface area (TPSA) is 0 Å². The van der Waals surface area contributed by atoms with Gasteiger partial charge in [0.15, 0.2) is 0 Å². The molecule has 0 heterocycles. The van der Waals surface area contributed by atoms with Gasteiger partial charge in [0, 0.05) is 0 Å². The van der Waals surface area contributed by atoms with Crippen molar-refractivity contribution in [2.24, 2.45) is 0 Å². The maximum Gasteiger partial charge on any atom is 0.117 e. The molecule has 0 nitrogen and oxygen atoms in total. The summed E-state index contributed by atoms with van der Waals surface area (Å²) in [5, 5.41) is 0. The summed E-state index contributed by atoms with van der Waals surface area (Å²) in [4.78, 5) is 0. The van der Waals surface area contributed by atoms with Gasteiger partial charge in [-0.1, -0.05) is 127 Å². The molecule has 2 aliphatic rings. The lowest BCUT2D eigenvalue weighted by molar-refractivity contribution is 0.496. The quantitative estimate of drug-likeness (QED) is 0.488. The molecule has 0 amide bonds. The smallest absolute Gasteiger partial charge is 0.0917 e. The molecule has 0 spiro atoms. The van der Waals surface area contributed by atoms with Gasteiger partial charge in [0.25, 0.3) is 0 Å². The Bertz CT molecular complexity index is 256. The van der Waals surface area contributed by atoms with Crippen LogP contribution in [0.5, 0.6) is 0 Å². The van der Waals surface area contributed by atoms with Gasteiger partial charge in [0.2, 0.25) is 0 Å². The van der Waals surface area contributed by atoms with Gasteiger partial charge >= 0.3 is 0 Å². The standard InChI is InChI=1S/C20H38B2/c1-21-18-12-9-10-15-20(17-11-16-18)22-19-13-7-5-3-2-4-6-8-14-19/h18-20H,2-17H2,1H3. The predicted molar refractivity (Wildman–Crippen MR) is 102 cm³/mol. The van der Waals surface area contributed by atoms with Gasteiger partial charge in [-0.2, -0.15) is 0 Å². The summed E-state index contributed by atoms with van der Waals surface area (Å²) in [6.45, 7) is 2.27. The van der Waals surface area contributed by atoms with Gasteiger partial charge in [-0.3, -0.25) is 0 Å². The molecule has 2 radical (unpaired) electrons. The third-order valence-electron chi connectivity index (χ3n) is 6.22. The summed E-state index contributed by atoms with van der Waals surface area (Å²) >= 11 is 0. The number of hydrogen-bond donors (Lipinski definition) is 0. The lowest BCUT2D eigenvalue weighted by Crippen LogP contribution is -2.12. The lowest BCUT2D eigenvalue weighted by Gasteiger charge is -2.23. The van der Waals surface area contributed by atoms with E-state index in [1.54, 1.807) is 0 Å². The zero-order valence-corrected chi connectivity index (χ0v) is 15.2. The van der Waals surface area contributed by atoms with E-state index in [1.165, 1.54) is 103 Å². The Hall–Kier alpha value is 0.130. The highest BCUT2D eigenvalue weighted by molar-refractivity contribution is 6.39. The zero-order chi connectivity index (χ0) is 15.5. The predicted octanol–water partition coefficient (Wildman–Crippen LogP) is 7.08. The fourth-order valence-corrected chi connectivity index (χ4v) is 4.69. The minimum Gasteiger partial charge on any atom is -0.0917 e. The first-order valence-electron chi connectivity index (χ1n) is 10.5. The van der Waals surface area contributed by atoms with Crippen molar-refractivity contribution in [2.45, 2.75) is 127 Å². The SMILES string of the molecule is C[B]C1CCCCC([B]C2CCCCCCCCC2)CCC1. The molecule has 0 bridgehead atoms. The van der Waals surface area contributed by atoms with Crippen LogP contribution in [0.3, 0.4) is 0 Å². The minimum atomic E-state index is 0.910. The number of rotatable bonds is 3. The van der Waals surface area contributed by atoms with Crippen molar-refractivity contribution in [1.29, 1.82) is 0 Å². The van der Waals surface area contributed by atoms with Crippen molar-refractivity contribution in [3.63, 3.8) is 0 Å². The number of hydrogen-bond acceptors (Lipinski definition) is 0. The van der Waals surface area contributed by atoms with Crippen molar-refractivity contribution < 1.29 is 0 Å². The average Bonchev–Trinajstić information content (AvgIpc) is 2.65. The van der Waals surface area contributed by atoms with E-state index >= 15 is 0 Å². The molecule has 124 valence electrons. The van der Waals surface area contributed by atoms with Crippen LogP contribution in [0.4, 0.5) is 0 Å². The Morgan fingerprint density at radius 1 is 0.455 bits per heavy atom. The van der Waals surface area contributed by atoms with E-state index in [1.807, 2.05) is 0 Å². The van der Waals surface area contributed by atoms with Crippen LogP contribution in [-0.4, -0.2) is 14.6 Å². The molecule has 0 aromatic heterocycles. The molecule has 0 aromatic rings. The van der Waals surface area contributed by atoms with Crippen LogP contribution >= 0.6 is 0 Å². The molecular weight excluding hydrogens is 262 g/mol. The summed E-state index contributed by atoms with van der Waals surface area (Å²) in [6.07, 6.45) is 23.6. The molecule has 2 atom stereocenters. The lowest BCUT2D eigenvalue weighted by atomic mass is 9.50. The molecule has 0 N–H and O–H groups in total. The first-order valence-corrected chi connectivity index (χ1v) is 10.5. The van der Waals surface area contributed by atoms with E-state index in [2.05, 4.69) is 21.4 Å². The van der Waals surface area contributed by atoms with Gasteiger partial charge in [-0.25, -0.2) is 0 Å². The minimum absolute atomic E-state index is 0.910. The fourth-order valence-electron chi connectivity index (χ4n) is 4.69. The fraction of sp³-hybridized carbons (Fsp3) is 1.00. The Kier molecular flexibility index (Phi) is 9.77. The van der Waals surface area contributed by atoms with Crippen molar-refractivity contribution in [1.82, 2.24) is 0 Å². The Morgan fingerprint density at radius 2 is 0.818 bits per heavy atom. The molecule has 2 fully saturated rings. The van der Waals surface area contributed by atoms with Crippen LogP contribution in [-0.2, 0) is 0 Å². The molecule has 22 heavy (non-hydrogen) atoms. The van der Waals surface area contributed by atoms with Gasteiger partial charge in [-0.05, 0) is 0 Å². The highest BCUT2D eigenvalue weighted by Gasteiger charge is 2.20. The molecular formula is C20H38B2. The Morgan fingerprint density at radius 3 is 1.36 bits per heavy atom. The largest absolute Gasteiger partial charge is 0.117 e. The summed E-state index contributed by atoms with van der Waals surface area (Å²) in [5.74, 6) is 2.79. The first-order chi connectivity index (χ1) is 10.9. The summed E-state index contributed by atoms with van der Waals surface area (Å²) in [5.41, 5.74) is 0. The second-order valence-corrected chi connectivity index (χ2v) is 8.07. The zero-order valence-electron chi connectivity index (χ0n) is 15.2. The average molecular weight is 300 g/mol. The van der Waals surface area contributed by atoms with Gasteiger partial charge in [0.05, 0.1) is 0 Å². The molecule has 2 saturated carbocycles. The van der Waals surface area contributed by atoms with Crippen LogP contribution in [0, 0.1) is 0 Å². The highest BCUT2D eigenvalue weighted by atomic mass is 14.1. The van der Waals surface area contributed by atoms with E-state index < -0.39 is 0 Å². The second kappa shape index (κ2) is 11.6. The van der Waals surface area contributed by atoms with E-state index in [-0.39, 0.29) is 0 Å². The van der Waals surface area contributed by atoms with E-state index in [0.29, 0.717) is 0 Å². The third kappa shape index (κ3) is 7.60. The molecule has 2 rings (SSSR count). The van der Waals surface area contributed by atoms with Crippen LogP contribution in [0.25, 0.3) is 0 Å². The van der Waals surface area contributed by atoms with E-state index in [9.17, 15) is 0 Å². The molecule has 2 unspecified atom stereocenters. The third-order valence-corrected chi connectivity index (χ3v) is 6.22. The monoisotopic (exact) mass is 300 g/mol. The molecule has 2 heteroatoms. The highest BCUT2D eigenvalue weighted by Crippen LogP contribution is 2.35. The molecule has 2 aliphatic carbocycles. The Balaban J connectivity index is 1.75. The molecule has 0 saturated heterocycles. The van der Waals surface area contributed by atoms with Gasteiger partial charge < -0.3 is 0 Å². The van der Waals surface area contributed by atoms with E-state index in [4.69, 9.17) is 0 Å². The van der Waals surface area contributed by atoms with Gasteiger partial charge in [-0.15, -0.1) is 0 Å². The maximum absolute atomic E-state index is 2.83. The van der Waals surface area contributed by atoms with Crippen molar-refractivity contribution >= 4 is 14.6 Å². The Labute approximate surface area is 142 Å². The summed E-state index contributed by atoms with van der Waals surface area (Å²) < 4.78 is 0. The van der Waals surface area contributed by atoms with Gasteiger partial charge in [0.1, 0.15) is 14.6 Å². The summed E-state index contributed by atoms with van der Waals surface area (Å²) in [7, 11) is 5.29. The molecule has 0 aliphatic heterocycles. The van der Waals surface area contributed by atoms with Crippen LogP contribution in [0.1, 0.15) is 103 Å². The van der Waals surface area contributed by atoms with Crippen molar-refractivity contribution in [2.75, 3.05) is 0 Å². The summed E-state index contributed by atoms with van der Waals surface area (Å²) in [6, 6.07) is 0. The maximum atomic E-state index is 2.83. The van der Waals surface area contributed by atoms with Crippen LogP contribution in [0.15, 0.2) is 0 Å². The second-order valence-electron chi connectivity index (χ2n) is 8.07. The van der Waals surface area contributed by atoms with E-state index in [0.717, 1.165) is 17.5 Å². The first kappa shape index (κ1) is 18.5. The molecule has 0 aromatic carbocycles. The van der Waals surface area contributed by atoms with Crippen LogP contribution in [0.2, 0.25) is 24.3 Å². The van der Waals surface area contributed by atoms with Crippen molar-refractivity contribution in [3.8, 4) is 0 Å².